The van der Waals surface area contributed by atoms with Crippen LogP contribution in [0.5, 0.6) is 0 Å². The van der Waals surface area contributed by atoms with Crippen LogP contribution in [-0.2, 0) is 4.74 Å². The standard InChI is InChI=1S/C12H16ClN3O3/c1-12(2-4-19-5-3-12)8-15-11-10(13)6-9(7-14-11)16(17)18/h6-7H,2-5,8H2,1H3,(H,14,15). The fraction of sp³-hybridized carbons (Fsp3) is 0.583. The lowest BCUT2D eigenvalue weighted by molar-refractivity contribution is -0.385. The summed E-state index contributed by atoms with van der Waals surface area (Å²) in [5.74, 6) is 0.486. The highest BCUT2D eigenvalue weighted by Gasteiger charge is 2.27. The molecular weight excluding hydrogens is 270 g/mol. The topological polar surface area (TPSA) is 77.3 Å². The number of rotatable bonds is 4. The highest BCUT2D eigenvalue weighted by molar-refractivity contribution is 6.33. The number of nitrogens with one attached hydrogen (secondary N) is 1. The van der Waals surface area contributed by atoms with E-state index >= 15 is 0 Å². The number of nitro groups is 1. The molecule has 19 heavy (non-hydrogen) atoms. The maximum absolute atomic E-state index is 10.6. The Morgan fingerprint density at radius 3 is 2.84 bits per heavy atom. The van der Waals surface area contributed by atoms with Gasteiger partial charge in [0, 0.05) is 25.8 Å². The molecule has 0 aromatic carbocycles. The summed E-state index contributed by atoms with van der Waals surface area (Å²) in [6.07, 6.45) is 3.16. The Hall–Kier alpha value is -1.40. The van der Waals surface area contributed by atoms with E-state index in [-0.39, 0.29) is 16.1 Å². The first-order chi connectivity index (χ1) is 9.00. The summed E-state index contributed by atoms with van der Waals surface area (Å²) in [6.45, 7) is 4.43. The first-order valence-electron chi connectivity index (χ1n) is 6.12. The van der Waals surface area contributed by atoms with Crippen molar-refractivity contribution in [3.63, 3.8) is 0 Å². The van der Waals surface area contributed by atoms with Gasteiger partial charge >= 0.3 is 0 Å². The molecule has 0 unspecified atom stereocenters. The van der Waals surface area contributed by atoms with Gasteiger partial charge in [-0.1, -0.05) is 18.5 Å². The molecule has 2 heterocycles. The van der Waals surface area contributed by atoms with E-state index in [1.165, 1.54) is 12.3 Å². The minimum atomic E-state index is -0.511. The van der Waals surface area contributed by atoms with Gasteiger partial charge < -0.3 is 10.1 Å². The zero-order valence-corrected chi connectivity index (χ0v) is 11.4. The molecule has 0 bridgehead atoms. The zero-order valence-electron chi connectivity index (χ0n) is 10.7. The largest absolute Gasteiger partial charge is 0.381 e. The molecule has 0 spiro atoms. The minimum absolute atomic E-state index is 0.104. The van der Waals surface area contributed by atoms with E-state index in [1.807, 2.05) is 0 Å². The zero-order chi connectivity index (χ0) is 13.9. The van der Waals surface area contributed by atoms with Crippen molar-refractivity contribution in [3.8, 4) is 0 Å². The van der Waals surface area contributed by atoms with E-state index in [2.05, 4.69) is 17.2 Å². The maximum Gasteiger partial charge on any atom is 0.289 e. The molecule has 0 atom stereocenters. The quantitative estimate of drug-likeness (QED) is 0.680. The third-order valence-electron chi connectivity index (χ3n) is 3.42. The Morgan fingerprint density at radius 1 is 1.58 bits per heavy atom. The van der Waals surface area contributed by atoms with E-state index in [0.717, 1.165) is 32.6 Å². The summed E-state index contributed by atoms with van der Waals surface area (Å²) in [6, 6.07) is 1.31. The van der Waals surface area contributed by atoms with Crippen LogP contribution in [0.2, 0.25) is 5.02 Å². The number of pyridine rings is 1. The Kier molecular flexibility index (Phi) is 4.21. The maximum atomic E-state index is 10.6. The van der Waals surface area contributed by atoms with Gasteiger partial charge in [0.25, 0.3) is 5.69 Å². The van der Waals surface area contributed by atoms with Crippen LogP contribution in [0.25, 0.3) is 0 Å². The first-order valence-corrected chi connectivity index (χ1v) is 6.50. The molecule has 0 aliphatic carbocycles. The van der Waals surface area contributed by atoms with Crippen LogP contribution in [0.15, 0.2) is 12.3 Å². The lowest BCUT2D eigenvalue weighted by atomic mass is 9.82. The number of hydrogen-bond acceptors (Lipinski definition) is 5. The average molecular weight is 286 g/mol. The minimum Gasteiger partial charge on any atom is -0.381 e. The molecule has 1 saturated heterocycles. The summed E-state index contributed by atoms with van der Waals surface area (Å²) >= 11 is 5.98. The predicted molar refractivity (Wildman–Crippen MR) is 72.6 cm³/mol. The van der Waals surface area contributed by atoms with Gasteiger partial charge in [0.05, 0.1) is 9.95 Å². The summed E-state index contributed by atoms with van der Waals surface area (Å²) in [5, 5.41) is 14.0. The number of nitrogens with zero attached hydrogens (tertiary/aromatic N) is 2. The molecule has 0 saturated carbocycles. The molecule has 1 aromatic rings. The normalized spacial score (nSPS) is 18.0. The van der Waals surface area contributed by atoms with Gasteiger partial charge in [-0.2, -0.15) is 0 Å². The summed E-state index contributed by atoms with van der Waals surface area (Å²) < 4.78 is 5.34. The first kappa shape index (κ1) is 14.0. The van der Waals surface area contributed by atoms with Gasteiger partial charge in [-0.3, -0.25) is 10.1 Å². The molecule has 2 rings (SSSR count). The van der Waals surface area contributed by atoms with Gasteiger partial charge in [-0.05, 0) is 18.3 Å². The second-order valence-electron chi connectivity index (χ2n) is 5.06. The van der Waals surface area contributed by atoms with Crippen LogP contribution in [0, 0.1) is 15.5 Å². The number of ether oxygens (including phenoxy) is 1. The van der Waals surface area contributed by atoms with Crippen molar-refractivity contribution < 1.29 is 9.66 Å². The van der Waals surface area contributed by atoms with E-state index in [4.69, 9.17) is 16.3 Å². The monoisotopic (exact) mass is 285 g/mol. The van der Waals surface area contributed by atoms with Gasteiger partial charge in [0.2, 0.25) is 0 Å². The van der Waals surface area contributed by atoms with Gasteiger partial charge in [-0.25, -0.2) is 4.98 Å². The van der Waals surface area contributed by atoms with Crippen LogP contribution in [0.3, 0.4) is 0 Å². The van der Waals surface area contributed by atoms with E-state index < -0.39 is 4.92 Å². The SMILES string of the molecule is CC1(CNc2ncc([N+](=O)[O-])cc2Cl)CCOCC1. The molecule has 7 heteroatoms. The average Bonchev–Trinajstić information content (AvgIpc) is 2.38. The van der Waals surface area contributed by atoms with Crippen molar-refractivity contribution in [2.45, 2.75) is 19.8 Å². The smallest absolute Gasteiger partial charge is 0.289 e. The van der Waals surface area contributed by atoms with Crippen LogP contribution in [-0.4, -0.2) is 29.7 Å². The third-order valence-corrected chi connectivity index (χ3v) is 3.71. The van der Waals surface area contributed by atoms with Crippen molar-refractivity contribution in [2.75, 3.05) is 25.1 Å². The Morgan fingerprint density at radius 2 is 2.26 bits per heavy atom. The predicted octanol–water partition coefficient (Wildman–Crippen LogP) is 2.87. The number of halogens is 1. The van der Waals surface area contributed by atoms with Crippen molar-refractivity contribution in [3.05, 3.63) is 27.4 Å². The van der Waals surface area contributed by atoms with E-state index in [9.17, 15) is 10.1 Å². The van der Waals surface area contributed by atoms with Crippen LogP contribution < -0.4 is 5.32 Å². The van der Waals surface area contributed by atoms with Crippen molar-refractivity contribution in [1.29, 1.82) is 0 Å². The second-order valence-corrected chi connectivity index (χ2v) is 5.46. The van der Waals surface area contributed by atoms with E-state index in [0.29, 0.717) is 5.82 Å². The molecule has 1 aliphatic heterocycles. The molecule has 1 aliphatic rings. The fourth-order valence-electron chi connectivity index (χ4n) is 2.00. The van der Waals surface area contributed by atoms with E-state index in [1.54, 1.807) is 0 Å². The molecule has 104 valence electrons. The number of anilines is 1. The Labute approximate surface area is 116 Å². The van der Waals surface area contributed by atoms with Crippen molar-refractivity contribution in [1.82, 2.24) is 4.98 Å². The van der Waals surface area contributed by atoms with Gasteiger partial charge in [0.15, 0.2) is 0 Å². The Bertz CT molecular complexity index is 475. The lowest BCUT2D eigenvalue weighted by Crippen LogP contribution is -2.33. The Balaban J connectivity index is 2.01. The van der Waals surface area contributed by atoms with Crippen LogP contribution >= 0.6 is 11.6 Å². The summed E-state index contributed by atoms with van der Waals surface area (Å²) in [7, 11) is 0. The van der Waals surface area contributed by atoms with Crippen LogP contribution in [0.1, 0.15) is 19.8 Å². The number of aromatic nitrogens is 1. The number of hydrogen-bond donors (Lipinski definition) is 1. The van der Waals surface area contributed by atoms with Crippen molar-refractivity contribution in [2.24, 2.45) is 5.41 Å². The molecule has 0 radical (unpaired) electrons. The molecular formula is C12H16ClN3O3. The van der Waals surface area contributed by atoms with Gasteiger partial charge in [0.1, 0.15) is 12.0 Å². The fourth-order valence-corrected chi connectivity index (χ4v) is 2.22. The second kappa shape index (κ2) is 5.71. The summed E-state index contributed by atoms with van der Waals surface area (Å²) in [5.41, 5.74) is 0.0400. The third kappa shape index (κ3) is 3.54. The van der Waals surface area contributed by atoms with Gasteiger partial charge in [-0.15, -0.1) is 0 Å². The molecule has 0 amide bonds. The lowest BCUT2D eigenvalue weighted by Gasteiger charge is -2.33. The molecule has 1 N–H and O–H groups in total. The van der Waals surface area contributed by atoms with Crippen molar-refractivity contribution >= 4 is 23.1 Å². The molecule has 6 nitrogen and oxygen atoms in total. The summed E-state index contributed by atoms with van der Waals surface area (Å²) in [4.78, 5) is 14.1. The van der Waals surface area contributed by atoms with Crippen LogP contribution in [0.4, 0.5) is 11.5 Å². The molecule has 1 aromatic heterocycles. The molecule has 1 fully saturated rings. The highest BCUT2D eigenvalue weighted by Crippen LogP contribution is 2.31. The highest BCUT2D eigenvalue weighted by atomic mass is 35.5.